The first kappa shape index (κ1) is 22.1. The van der Waals surface area contributed by atoms with Crippen LogP contribution in [0.4, 0.5) is 10.1 Å². The maximum Gasteiger partial charge on any atom is 0.253 e. The van der Waals surface area contributed by atoms with Crippen LogP contribution in [-0.2, 0) is 18.4 Å². The molecule has 0 aliphatic heterocycles. The zero-order valence-electron chi connectivity index (χ0n) is 15.7. The van der Waals surface area contributed by atoms with Crippen molar-refractivity contribution in [1.82, 2.24) is 20.1 Å². The second-order valence-electron chi connectivity index (χ2n) is 6.11. The van der Waals surface area contributed by atoms with E-state index in [0.29, 0.717) is 27.3 Å². The van der Waals surface area contributed by atoms with E-state index in [9.17, 15) is 14.0 Å². The third kappa shape index (κ3) is 5.71. The molecule has 0 unspecified atom stereocenters. The lowest BCUT2D eigenvalue weighted by Gasteiger charge is -2.08. The minimum Gasteiger partial charge on any atom is -0.345 e. The molecule has 0 radical (unpaired) electrons. The minimum atomic E-state index is -0.376. The molecular weight excluding hydrogens is 452 g/mol. The predicted octanol–water partition coefficient (Wildman–Crippen LogP) is 3.92. The number of hydrogen-bond acceptors (Lipinski definition) is 5. The Hall–Kier alpha value is -2.62. The Morgan fingerprint density at radius 1 is 1.13 bits per heavy atom. The Morgan fingerprint density at radius 2 is 1.87 bits per heavy atom. The number of halogens is 3. The average molecular weight is 468 g/mol. The molecule has 0 aliphatic rings. The lowest BCUT2D eigenvalue weighted by Crippen LogP contribution is -2.24. The summed E-state index contributed by atoms with van der Waals surface area (Å²) in [5.41, 5.74) is 0.805. The van der Waals surface area contributed by atoms with Gasteiger partial charge in [0, 0.05) is 17.8 Å². The van der Waals surface area contributed by atoms with Gasteiger partial charge in [-0.05, 0) is 42.5 Å². The number of nitrogens with one attached hydrogen (secondary N) is 2. The number of hydrogen-bond donors (Lipinski definition) is 2. The summed E-state index contributed by atoms with van der Waals surface area (Å²) in [7, 11) is 1.73. The van der Waals surface area contributed by atoms with Crippen LogP contribution in [0.15, 0.2) is 47.6 Å². The van der Waals surface area contributed by atoms with Gasteiger partial charge in [0.1, 0.15) is 5.82 Å². The zero-order chi connectivity index (χ0) is 21.7. The van der Waals surface area contributed by atoms with Gasteiger partial charge in [0.05, 0.1) is 22.9 Å². The van der Waals surface area contributed by atoms with Crippen molar-refractivity contribution < 1.29 is 14.0 Å². The van der Waals surface area contributed by atoms with Gasteiger partial charge in [-0.1, -0.05) is 35.0 Å². The summed E-state index contributed by atoms with van der Waals surface area (Å²) in [6, 6.07) is 10.1. The van der Waals surface area contributed by atoms with Gasteiger partial charge >= 0.3 is 0 Å². The molecule has 30 heavy (non-hydrogen) atoms. The van der Waals surface area contributed by atoms with Crippen molar-refractivity contribution in [2.45, 2.75) is 11.7 Å². The molecule has 1 aromatic heterocycles. The molecule has 7 nitrogen and oxygen atoms in total. The fourth-order valence-corrected chi connectivity index (χ4v) is 3.64. The molecule has 2 N–H and O–H groups in total. The van der Waals surface area contributed by atoms with E-state index in [1.165, 1.54) is 48.2 Å². The maximum atomic E-state index is 12.9. The summed E-state index contributed by atoms with van der Waals surface area (Å²) in [5.74, 6) is -0.403. The summed E-state index contributed by atoms with van der Waals surface area (Å²) >= 11 is 13.1. The highest BCUT2D eigenvalue weighted by Gasteiger charge is 2.15. The molecule has 2 amide bonds. The number of thioether (sulfide) groups is 1. The van der Waals surface area contributed by atoms with E-state index in [1.807, 2.05) is 0 Å². The largest absolute Gasteiger partial charge is 0.345 e. The molecule has 11 heteroatoms. The Kier molecular flexibility index (Phi) is 7.30. The predicted molar refractivity (Wildman–Crippen MR) is 114 cm³/mol. The summed E-state index contributed by atoms with van der Waals surface area (Å²) in [6.45, 7) is 0.129. The van der Waals surface area contributed by atoms with Gasteiger partial charge in [-0.2, -0.15) is 0 Å². The summed E-state index contributed by atoms with van der Waals surface area (Å²) in [6.07, 6.45) is 0. The van der Waals surface area contributed by atoms with Crippen molar-refractivity contribution in [2.75, 3.05) is 11.1 Å². The van der Waals surface area contributed by atoms with Gasteiger partial charge in [0.15, 0.2) is 11.0 Å². The molecule has 1 heterocycles. The highest BCUT2D eigenvalue weighted by molar-refractivity contribution is 7.99. The Morgan fingerprint density at radius 3 is 2.57 bits per heavy atom. The molecule has 156 valence electrons. The van der Waals surface area contributed by atoms with Crippen LogP contribution in [0.5, 0.6) is 0 Å². The van der Waals surface area contributed by atoms with Gasteiger partial charge < -0.3 is 15.2 Å². The normalized spacial score (nSPS) is 10.7. The fraction of sp³-hybridized carbons (Fsp3) is 0.158. The zero-order valence-corrected chi connectivity index (χ0v) is 18.0. The fourth-order valence-electron chi connectivity index (χ4n) is 2.41. The number of rotatable bonds is 7. The van der Waals surface area contributed by atoms with Crippen LogP contribution < -0.4 is 10.6 Å². The van der Waals surface area contributed by atoms with Gasteiger partial charge in [-0.25, -0.2) is 4.39 Å². The van der Waals surface area contributed by atoms with E-state index in [0.717, 1.165) is 0 Å². The Bertz CT molecular complexity index is 1080. The second-order valence-corrected chi connectivity index (χ2v) is 7.89. The van der Waals surface area contributed by atoms with Crippen molar-refractivity contribution in [3.63, 3.8) is 0 Å². The summed E-state index contributed by atoms with van der Waals surface area (Å²) in [5, 5.41) is 14.7. The van der Waals surface area contributed by atoms with Crippen molar-refractivity contribution >= 4 is 52.5 Å². The molecule has 0 spiro atoms. The standard InChI is InChI=1S/C19H16Cl2FN5O2S/c1-27-16(9-23-18(29)14-7-2-11(20)8-15(14)21)25-26-19(27)30-10-17(28)24-13-5-3-12(22)4-6-13/h2-8H,9-10H2,1H3,(H,23,29)(H,24,28). The molecule has 0 atom stereocenters. The minimum absolute atomic E-state index is 0.0933. The number of aromatic nitrogens is 3. The molecule has 0 saturated carbocycles. The quantitative estimate of drug-likeness (QED) is 0.514. The Balaban J connectivity index is 1.53. The first-order chi connectivity index (χ1) is 14.3. The van der Waals surface area contributed by atoms with Gasteiger partial charge in [0.25, 0.3) is 5.91 Å². The maximum absolute atomic E-state index is 12.9. The smallest absolute Gasteiger partial charge is 0.253 e. The van der Waals surface area contributed by atoms with E-state index in [-0.39, 0.29) is 35.0 Å². The third-order valence-electron chi connectivity index (χ3n) is 3.97. The molecule has 0 aliphatic carbocycles. The highest BCUT2D eigenvalue weighted by Crippen LogP contribution is 2.21. The molecule has 0 fully saturated rings. The monoisotopic (exact) mass is 467 g/mol. The van der Waals surface area contributed by atoms with Gasteiger partial charge in [-0.15, -0.1) is 10.2 Å². The molecule has 0 bridgehead atoms. The second kappa shape index (κ2) is 9.92. The van der Waals surface area contributed by atoms with Crippen LogP contribution in [0.1, 0.15) is 16.2 Å². The van der Waals surface area contributed by atoms with Crippen LogP contribution in [0.3, 0.4) is 0 Å². The van der Waals surface area contributed by atoms with Gasteiger partial charge in [0.2, 0.25) is 5.91 Å². The third-order valence-corrected chi connectivity index (χ3v) is 5.54. The van der Waals surface area contributed by atoms with Crippen LogP contribution in [0, 0.1) is 5.82 Å². The van der Waals surface area contributed by atoms with E-state index in [2.05, 4.69) is 20.8 Å². The van der Waals surface area contributed by atoms with Crippen molar-refractivity contribution in [1.29, 1.82) is 0 Å². The number of carbonyl (C=O) groups is 2. The number of carbonyl (C=O) groups excluding carboxylic acids is 2. The highest BCUT2D eigenvalue weighted by atomic mass is 35.5. The topological polar surface area (TPSA) is 88.9 Å². The average Bonchev–Trinajstić information content (AvgIpc) is 3.06. The van der Waals surface area contributed by atoms with E-state index >= 15 is 0 Å². The molecule has 2 aromatic carbocycles. The lowest BCUT2D eigenvalue weighted by atomic mass is 10.2. The molecule has 3 rings (SSSR count). The van der Waals surface area contributed by atoms with Crippen molar-refractivity contribution in [2.24, 2.45) is 7.05 Å². The summed E-state index contributed by atoms with van der Waals surface area (Å²) in [4.78, 5) is 24.4. The van der Waals surface area contributed by atoms with Crippen LogP contribution >= 0.6 is 35.0 Å². The van der Waals surface area contributed by atoms with Crippen molar-refractivity contribution in [3.05, 3.63) is 69.7 Å². The van der Waals surface area contributed by atoms with E-state index in [4.69, 9.17) is 23.2 Å². The lowest BCUT2D eigenvalue weighted by molar-refractivity contribution is -0.113. The SMILES string of the molecule is Cn1c(CNC(=O)c2ccc(Cl)cc2Cl)nnc1SCC(=O)Nc1ccc(F)cc1. The van der Waals surface area contributed by atoms with Crippen molar-refractivity contribution in [3.8, 4) is 0 Å². The van der Waals surface area contributed by atoms with Crippen LogP contribution in [-0.4, -0.2) is 32.3 Å². The first-order valence-corrected chi connectivity index (χ1v) is 10.4. The van der Waals surface area contributed by atoms with Crippen LogP contribution in [0.2, 0.25) is 10.0 Å². The molecule has 0 saturated heterocycles. The molecular formula is C19H16Cl2FN5O2S. The first-order valence-electron chi connectivity index (χ1n) is 8.63. The number of nitrogens with zero attached hydrogens (tertiary/aromatic N) is 3. The molecule has 3 aromatic rings. The number of benzene rings is 2. The van der Waals surface area contributed by atoms with Crippen LogP contribution in [0.25, 0.3) is 0 Å². The number of amides is 2. The Labute approximate surface area is 186 Å². The summed E-state index contributed by atoms with van der Waals surface area (Å²) < 4.78 is 14.6. The number of anilines is 1. The van der Waals surface area contributed by atoms with Gasteiger partial charge in [-0.3, -0.25) is 9.59 Å². The van der Waals surface area contributed by atoms with E-state index in [1.54, 1.807) is 17.7 Å². The van der Waals surface area contributed by atoms with E-state index < -0.39 is 0 Å².